The van der Waals surface area contributed by atoms with Gasteiger partial charge in [-0.1, -0.05) is 26.0 Å². The summed E-state index contributed by atoms with van der Waals surface area (Å²) in [6.45, 7) is 8.50. The van der Waals surface area contributed by atoms with Crippen molar-refractivity contribution in [1.82, 2.24) is 5.43 Å². The Labute approximate surface area is 250 Å². The Balaban J connectivity index is 1.34. The zero-order valence-electron chi connectivity index (χ0n) is 24.4. The van der Waals surface area contributed by atoms with Crippen LogP contribution in [0.25, 0.3) is 0 Å². The van der Waals surface area contributed by atoms with Gasteiger partial charge in [0.05, 0.1) is 25.0 Å². The number of rotatable bonds is 12. The van der Waals surface area contributed by atoms with Crippen molar-refractivity contribution in [3.8, 4) is 11.5 Å². The van der Waals surface area contributed by atoms with E-state index in [9.17, 15) is 14.4 Å². The van der Waals surface area contributed by atoms with Crippen LogP contribution >= 0.6 is 11.3 Å². The highest BCUT2D eigenvalue weighted by Gasteiger charge is 2.29. The van der Waals surface area contributed by atoms with Crippen molar-refractivity contribution in [3.63, 3.8) is 0 Å². The summed E-state index contributed by atoms with van der Waals surface area (Å²) in [6, 6.07) is 13.9. The molecule has 4 rings (SSSR count). The highest BCUT2D eigenvalue weighted by atomic mass is 32.1. The lowest BCUT2D eigenvalue weighted by Crippen LogP contribution is -2.33. The molecule has 1 aliphatic carbocycles. The Kier molecular flexibility index (Phi) is 10.7. The predicted octanol–water partition coefficient (Wildman–Crippen LogP) is 6.01. The van der Waals surface area contributed by atoms with Gasteiger partial charge in [-0.3, -0.25) is 9.59 Å². The van der Waals surface area contributed by atoms with Crippen molar-refractivity contribution in [1.29, 1.82) is 0 Å². The molecule has 9 nitrogen and oxygen atoms in total. The molecule has 1 aromatic heterocycles. The van der Waals surface area contributed by atoms with Gasteiger partial charge in [0.2, 0.25) is 0 Å². The fourth-order valence-electron chi connectivity index (χ4n) is 4.54. The third-order valence-corrected chi connectivity index (χ3v) is 7.91. The summed E-state index contributed by atoms with van der Waals surface area (Å²) in [7, 11) is 0. The van der Waals surface area contributed by atoms with Gasteiger partial charge in [-0.05, 0) is 93.0 Å². The molecule has 0 spiro atoms. The van der Waals surface area contributed by atoms with Gasteiger partial charge in [0.25, 0.3) is 11.8 Å². The zero-order valence-corrected chi connectivity index (χ0v) is 25.2. The first kappa shape index (κ1) is 30.8. The Morgan fingerprint density at radius 2 is 1.90 bits per heavy atom. The third kappa shape index (κ3) is 7.97. The van der Waals surface area contributed by atoms with Crippen LogP contribution < -0.4 is 20.2 Å². The molecule has 1 heterocycles. The summed E-state index contributed by atoms with van der Waals surface area (Å²) in [6.07, 6.45) is 4.29. The number of hydrazone groups is 1. The van der Waals surface area contributed by atoms with Crippen LogP contribution in [0.5, 0.6) is 11.5 Å². The molecule has 3 aromatic rings. The van der Waals surface area contributed by atoms with Crippen molar-refractivity contribution in [2.24, 2.45) is 11.0 Å². The van der Waals surface area contributed by atoms with E-state index >= 15 is 0 Å². The Morgan fingerprint density at radius 1 is 1.12 bits per heavy atom. The van der Waals surface area contributed by atoms with E-state index < -0.39 is 18.0 Å². The number of amides is 2. The predicted molar refractivity (Wildman–Crippen MR) is 164 cm³/mol. The molecule has 2 unspecified atom stereocenters. The fraction of sp³-hybridized carbons (Fsp3) is 0.375. The molecule has 2 atom stereocenters. The number of ether oxygens (including phenoxy) is 3. The second-order valence-corrected chi connectivity index (χ2v) is 11.3. The van der Waals surface area contributed by atoms with Gasteiger partial charge in [0, 0.05) is 10.4 Å². The molecule has 0 saturated heterocycles. The van der Waals surface area contributed by atoms with Gasteiger partial charge in [-0.25, -0.2) is 10.2 Å². The first-order valence-corrected chi connectivity index (χ1v) is 15.1. The number of carbonyl (C=O) groups excluding carboxylic acids is 3. The SMILES string of the molecule is CCCOc1cccc(/C=N/NC(=O)C(C)Oc2ccc(C(=O)Nc3sc4c(c3C(=O)OCC)CCC(C)C4)cc2)c1. The van der Waals surface area contributed by atoms with E-state index in [4.69, 9.17) is 14.2 Å². The van der Waals surface area contributed by atoms with Crippen molar-refractivity contribution in [2.75, 3.05) is 18.5 Å². The van der Waals surface area contributed by atoms with Gasteiger partial charge in [-0.2, -0.15) is 5.10 Å². The Morgan fingerprint density at radius 3 is 2.64 bits per heavy atom. The molecule has 2 N–H and O–H groups in total. The first-order valence-electron chi connectivity index (χ1n) is 14.2. The topological polar surface area (TPSA) is 115 Å². The molecule has 0 saturated carbocycles. The van der Waals surface area contributed by atoms with E-state index in [0.29, 0.717) is 34.4 Å². The molecule has 42 heavy (non-hydrogen) atoms. The summed E-state index contributed by atoms with van der Waals surface area (Å²) >= 11 is 1.45. The average molecular weight is 592 g/mol. The van der Waals surface area contributed by atoms with E-state index in [1.165, 1.54) is 17.6 Å². The van der Waals surface area contributed by atoms with Gasteiger partial charge >= 0.3 is 5.97 Å². The van der Waals surface area contributed by atoms with Crippen molar-refractivity contribution < 1.29 is 28.6 Å². The molecule has 0 bridgehead atoms. The number of hydrogen-bond donors (Lipinski definition) is 2. The summed E-state index contributed by atoms with van der Waals surface area (Å²) in [5, 5.41) is 7.45. The van der Waals surface area contributed by atoms with Gasteiger partial charge in [-0.15, -0.1) is 11.3 Å². The maximum Gasteiger partial charge on any atom is 0.341 e. The number of esters is 1. The average Bonchev–Trinajstić information content (AvgIpc) is 3.33. The molecule has 222 valence electrons. The monoisotopic (exact) mass is 591 g/mol. The minimum Gasteiger partial charge on any atom is -0.494 e. The fourth-order valence-corrected chi connectivity index (χ4v) is 5.94. The van der Waals surface area contributed by atoms with Crippen LogP contribution in [0.4, 0.5) is 5.00 Å². The smallest absolute Gasteiger partial charge is 0.341 e. The van der Waals surface area contributed by atoms with Crippen LogP contribution in [-0.4, -0.2) is 43.3 Å². The van der Waals surface area contributed by atoms with E-state index in [0.717, 1.165) is 47.4 Å². The summed E-state index contributed by atoms with van der Waals surface area (Å²) in [4.78, 5) is 39.5. The number of anilines is 1. The molecular weight excluding hydrogens is 554 g/mol. The number of fused-ring (bicyclic) bond motifs is 1. The quantitative estimate of drug-likeness (QED) is 0.151. The minimum absolute atomic E-state index is 0.264. The Hall–Kier alpha value is -4.18. The highest BCUT2D eigenvalue weighted by molar-refractivity contribution is 7.17. The second kappa shape index (κ2) is 14.6. The number of hydrogen-bond acceptors (Lipinski definition) is 8. The third-order valence-electron chi connectivity index (χ3n) is 6.74. The number of thiophene rings is 1. The van der Waals surface area contributed by atoms with Gasteiger partial charge in [0.1, 0.15) is 16.5 Å². The highest BCUT2D eigenvalue weighted by Crippen LogP contribution is 2.40. The van der Waals surface area contributed by atoms with Crippen LogP contribution in [0.15, 0.2) is 53.6 Å². The number of carbonyl (C=O) groups is 3. The molecule has 2 amide bonds. The number of nitrogens with one attached hydrogen (secondary N) is 2. The van der Waals surface area contributed by atoms with Crippen molar-refractivity contribution in [2.45, 2.75) is 59.5 Å². The molecule has 0 radical (unpaired) electrons. The largest absolute Gasteiger partial charge is 0.494 e. The normalized spacial score (nSPS) is 15.0. The molecule has 10 heteroatoms. The summed E-state index contributed by atoms with van der Waals surface area (Å²) in [5.74, 6) is 0.518. The van der Waals surface area contributed by atoms with E-state index in [2.05, 4.69) is 22.8 Å². The van der Waals surface area contributed by atoms with Crippen LogP contribution in [0.1, 0.15) is 77.3 Å². The van der Waals surface area contributed by atoms with Crippen LogP contribution in [0.3, 0.4) is 0 Å². The summed E-state index contributed by atoms with van der Waals surface area (Å²) in [5.41, 5.74) is 5.12. The number of benzene rings is 2. The summed E-state index contributed by atoms with van der Waals surface area (Å²) < 4.78 is 16.7. The maximum absolute atomic E-state index is 13.1. The molecule has 0 fully saturated rings. The van der Waals surface area contributed by atoms with E-state index in [-0.39, 0.29) is 12.5 Å². The number of nitrogens with zero attached hydrogens (tertiary/aromatic N) is 1. The van der Waals surface area contributed by atoms with Gasteiger partial charge in [0.15, 0.2) is 6.10 Å². The lowest BCUT2D eigenvalue weighted by molar-refractivity contribution is -0.127. The molecule has 1 aliphatic rings. The van der Waals surface area contributed by atoms with Gasteiger partial charge < -0.3 is 19.5 Å². The van der Waals surface area contributed by atoms with Crippen molar-refractivity contribution in [3.05, 3.63) is 75.7 Å². The zero-order chi connectivity index (χ0) is 30.1. The Bertz CT molecular complexity index is 1430. The minimum atomic E-state index is -0.826. The molecular formula is C32H37N3O6S. The van der Waals surface area contributed by atoms with E-state index in [1.54, 1.807) is 38.1 Å². The van der Waals surface area contributed by atoms with Crippen molar-refractivity contribution >= 4 is 40.3 Å². The van der Waals surface area contributed by atoms with E-state index in [1.807, 2.05) is 31.2 Å². The maximum atomic E-state index is 13.1. The van der Waals surface area contributed by atoms with Crippen LogP contribution in [-0.2, 0) is 22.4 Å². The van der Waals surface area contributed by atoms with Crippen LogP contribution in [0.2, 0.25) is 0 Å². The van der Waals surface area contributed by atoms with Crippen LogP contribution in [0, 0.1) is 5.92 Å². The lowest BCUT2D eigenvalue weighted by Gasteiger charge is -2.18. The first-order chi connectivity index (χ1) is 20.3. The molecule has 2 aromatic carbocycles. The second-order valence-electron chi connectivity index (χ2n) is 10.2. The standard InChI is InChI=1S/C32H37N3O6S/c1-5-16-40-25-9-7-8-22(18-25)19-33-35-29(36)21(4)41-24-13-11-23(12-14-24)30(37)34-31-28(32(38)39-6-2)26-15-10-20(3)17-27(26)42-31/h7-9,11-14,18-21H,5-6,10,15-17H2,1-4H3,(H,34,37)(H,35,36)/b33-19+. The lowest BCUT2D eigenvalue weighted by atomic mass is 9.88. The molecule has 0 aliphatic heterocycles.